The predicted octanol–water partition coefficient (Wildman–Crippen LogP) is 4.65. The fraction of sp³-hybridized carbons (Fsp3) is 0.278. The van der Waals surface area contributed by atoms with Gasteiger partial charge in [0.2, 0.25) is 15.9 Å². The van der Waals surface area contributed by atoms with Crippen LogP contribution in [-0.2, 0) is 27.2 Å². The van der Waals surface area contributed by atoms with E-state index in [1.807, 2.05) is 5.32 Å². The lowest BCUT2D eigenvalue weighted by molar-refractivity contribution is -0.143. The first-order valence-corrected chi connectivity index (χ1v) is 10.3. The Morgan fingerprint density at radius 1 is 1.03 bits per heavy atom. The van der Waals surface area contributed by atoms with Crippen molar-refractivity contribution in [3.8, 4) is 5.75 Å². The molecule has 0 aromatic heterocycles. The normalized spacial score (nSPS) is 12.7. The van der Waals surface area contributed by atoms with E-state index in [2.05, 4.69) is 0 Å². The van der Waals surface area contributed by atoms with E-state index in [1.165, 1.54) is 13.2 Å². The summed E-state index contributed by atoms with van der Waals surface area (Å²) in [5.74, 6) is -0.973. The molecule has 0 spiro atoms. The van der Waals surface area contributed by atoms with Crippen molar-refractivity contribution in [2.45, 2.75) is 17.2 Å². The standard InChI is InChI=1S/C18H15ClF6N2O4S/c1-27(32(29,30)13-3-4-15(31-2)14(19)8-13)9-16(28)26-12-6-10(17(20,21)22)5-11(7-12)18(23,24)25/h3-8H,9H2,1-2H3,(H,26,28). The van der Waals surface area contributed by atoms with E-state index in [0.29, 0.717) is 16.4 Å². The van der Waals surface area contributed by atoms with Crippen LogP contribution in [0.5, 0.6) is 5.75 Å². The minimum Gasteiger partial charge on any atom is -0.495 e. The number of nitrogens with zero attached hydrogens (tertiary/aromatic N) is 1. The van der Waals surface area contributed by atoms with Gasteiger partial charge < -0.3 is 10.1 Å². The quantitative estimate of drug-likeness (QED) is 0.581. The van der Waals surface area contributed by atoms with E-state index in [1.54, 1.807) is 0 Å². The molecule has 0 fully saturated rings. The molecule has 2 aromatic carbocycles. The molecule has 0 aliphatic rings. The number of rotatable bonds is 6. The molecule has 0 radical (unpaired) electrons. The van der Waals surface area contributed by atoms with Gasteiger partial charge in [-0.1, -0.05) is 11.6 Å². The van der Waals surface area contributed by atoms with Crippen LogP contribution in [0.2, 0.25) is 5.02 Å². The van der Waals surface area contributed by atoms with Crippen LogP contribution in [0.3, 0.4) is 0 Å². The van der Waals surface area contributed by atoms with Gasteiger partial charge in [0.15, 0.2) is 0 Å². The summed E-state index contributed by atoms with van der Waals surface area (Å²) in [6, 6.07) is 4.00. The van der Waals surface area contributed by atoms with E-state index < -0.39 is 51.6 Å². The zero-order valence-corrected chi connectivity index (χ0v) is 17.9. The Bertz CT molecular complexity index is 1090. The second kappa shape index (κ2) is 9.16. The predicted molar refractivity (Wildman–Crippen MR) is 103 cm³/mol. The van der Waals surface area contributed by atoms with Crippen molar-refractivity contribution in [2.24, 2.45) is 0 Å². The number of anilines is 1. The van der Waals surface area contributed by atoms with Gasteiger partial charge in [0.1, 0.15) is 5.75 Å². The molecule has 1 N–H and O–H groups in total. The molecule has 0 aliphatic carbocycles. The summed E-state index contributed by atoms with van der Waals surface area (Å²) in [6.45, 7) is -0.899. The lowest BCUT2D eigenvalue weighted by atomic mass is 10.1. The number of amides is 1. The van der Waals surface area contributed by atoms with Gasteiger partial charge in [0, 0.05) is 12.7 Å². The van der Waals surface area contributed by atoms with Gasteiger partial charge in [0.25, 0.3) is 0 Å². The van der Waals surface area contributed by atoms with Gasteiger partial charge >= 0.3 is 12.4 Å². The number of methoxy groups -OCH3 is 1. The Hall–Kier alpha value is -2.51. The van der Waals surface area contributed by atoms with Gasteiger partial charge in [-0.2, -0.15) is 30.6 Å². The van der Waals surface area contributed by atoms with E-state index in [9.17, 15) is 39.6 Å². The summed E-state index contributed by atoms with van der Waals surface area (Å²) < 4.78 is 108. The van der Waals surface area contributed by atoms with E-state index in [0.717, 1.165) is 19.2 Å². The topological polar surface area (TPSA) is 75.7 Å². The number of ether oxygens (including phenoxy) is 1. The molecule has 0 aliphatic heterocycles. The summed E-state index contributed by atoms with van der Waals surface area (Å²) in [6.07, 6.45) is -10.2. The summed E-state index contributed by atoms with van der Waals surface area (Å²) >= 11 is 5.89. The number of hydrogen-bond acceptors (Lipinski definition) is 4. The van der Waals surface area contributed by atoms with E-state index in [-0.39, 0.29) is 21.7 Å². The Kier molecular flexibility index (Phi) is 7.37. The Labute approximate surface area is 183 Å². The molecule has 14 heteroatoms. The molecule has 0 saturated carbocycles. The van der Waals surface area contributed by atoms with Crippen LogP contribution >= 0.6 is 11.6 Å². The molecule has 2 rings (SSSR count). The zero-order valence-electron chi connectivity index (χ0n) is 16.3. The van der Waals surface area contributed by atoms with Gasteiger partial charge in [-0.15, -0.1) is 0 Å². The third kappa shape index (κ3) is 6.04. The van der Waals surface area contributed by atoms with Crippen LogP contribution in [0.4, 0.5) is 32.0 Å². The van der Waals surface area contributed by atoms with Crippen molar-refractivity contribution in [1.82, 2.24) is 4.31 Å². The van der Waals surface area contributed by atoms with Crippen LogP contribution in [0.25, 0.3) is 0 Å². The van der Waals surface area contributed by atoms with E-state index >= 15 is 0 Å². The monoisotopic (exact) mass is 504 g/mol. The number of likely N-dealkylation sites (N-methyl/N-ethyl adjacent to an activating group) is 1. The molecule has 1 amide bonds. The average Bonchev–Trinajstić information content (AvgIpc) is 2.66. The molecule has 0 atom stereocenters. The molecule has 32 heavy (non-hydrogen) atoms. The minimum atomic E-state index is -5.10. The van der Waals surface area contributed by atoms with Crippen molar-refractivity contribution in [3.63, 3.8) is 0 Å². The highest BCUT2D eigenvalue weighted by atomic mass is 35.5. The van der Waals surface area contributed by atoms with Crippen LogP contribution in [0.15, 0.2) is 41.3 Å². The SMILES string of the molecule is COc1ccc(S(=O)(=O)N(C)CC(=O)Nc2cc(C(F)(F)F)cc(C(F)(F)F)c2)cc1Cl. The lowest BCUT2D eigenvalue weighted by Gasteiger charge is -2.18. The number of hydrogen-bond donors (Lipinski definition) is 1. The fourth-order valence-electron chi connectivity index (χ4n) is 2.50. The maximum atomic E-state index is 12.9. The van der Waals surface area contributed by atoms with Crippen LogP contribution in [0.1, 0.15) is 11.1 Å². The van der Waals surface area contributed by atoms with Crippen molar-refractivity contribution in [2.75, 3.05) is 26.0 Å². The molecular weight excluding hydrogens is 490 g/mol. The molecule has 176 valence electrons. The van der Waals surface area contributed by atoms with Gasteiger partial charge in [-0.3, -0.25) is 4.79 Å². The van der Waals surface area contributed by atoms with Crippen molar-refractivity contribution < 1.29 is 44.3 Å². The molecule has 0 heterocycles. The van der Waals surface area contributed by atoms with Crippen molar-refractivity contribution >= 4 is 33.2 Å². The maximum absolute atomic E-state index is 12.9. The first-order valence-electron chi connectivity index (χ1n) is 8.45. The molecule has 0 unspecified atom stereocenters. The van der Waals surface area contributed by atoms with Crippen molar-refractivity contribution in [3.05, 3.63) is 52.5 Å². The fourth-order valence-corrected chi connectivity index (χ4v) is 3.98. The number of carbonyl (C=O) groups excluding carboxylic acids is 1. The first-order chi connectivity index (χ1) is 14.6. The summed E-state index contributed by atoms with van der Waals surface area (Å²) in [5, 5.41) is 1.83. The van der Waals surface area contributed by atoms with Gasteiger partial charge in [-0.25, -0.2) is 8.42 Å². The maximum Gasteiger partial charge on any atom is 0.416 e. The van der Waals surface area contributed by atoms with Gasteiger partial charge in [-0.05, 0) is 36.4 Å². The third-order valence-electron chi connectivity index (χ3n) is 4.07. The van der Waals surface area contributed by atoms with Crippen molar-refractivity contribution in [1.29, 1.82) is 0 Å². The number of alkyl halides is 6. The number of nitrogens with one attached hydrogen (secondary N) is 1. The highest BCUT2D eigenvalue weighted by Crippen LogP contribution is 2.37. The first kappa shape index (κ1) is 25.7. The molecule has 0 saturated heterocycles. The lowest BCUT2D eigenvalue weighted by Crippen LogP contribution is -2.35. The van der Waals surface area contributed by atoms with Gasteiger partial charge in [0.05, 0.1) is 34.7 Å². The Morgan fingerprint density at radius 3 is 2.00 bits per heavy atom. The minimum absolute atomic E-state index is 0.0323. The number of halogens is 7. The van der Waals surface area contributed by atoms with Crippen LogP contribution in [-0.4, -0.2) is 39.3 Å². The van der Waals surface area contributed by atoms with E-state index in [4.69, 9.17) is 16.3 Å². The van der Waals surface area contributed by atoms with Crippen LogP contribution in [0, 0.1) is 0 Å². The zero-order chi connectivity index (χ0) is 24.5. The largest absolute Gasteiger partial charge is 0.495 e. The summed E-state index contributed by atoms with van der Waals surface area (Å²) in [4.78, 5) is 11.9. The Balaban J connectivity index is 2.25. The number of benzene rings is 2. The number of sulfonamides is 1. The second-order valence-electron chi connectivity index (χ2n) is 6.40. The molecular formula is C18H15ClF6N2O4S. The van der Waals surface area contributed by atoms with Crippen LogP contribution < -0.4 is 10.1 Å². The summed E-state index contributed by atoms with van der Waals surface area (Å²) in [7, 11) is -1.95. The Morgan fingerprint density at radius 2 is 1.56 bits per heavy atom. The average molecular weight is 505 g/mol. The smallest absolute Gasteiger partial charge is 0.416 e. The molecule has 6 nitrogen and oxygen atoms in total. The molecule has 0 bridgehead atoms. The third-order valence-corrected chi connectivity index (χ3v) is 6.16. The second-order valence-corrected chi connectivity index (χ2v) is 8.85. The summed E-state index contributed by atoms with van der Waals surface area (Å²) in [5.41, 5.74) is -4.05. The highest BCUT2D eigenvalue weighted by molar-refractivity contribution is 7.89. The number of carbonyl (C=O) groups is 1. The molecule has 2 aromatic rings. The highest BCUT2D eigenvalue weighted by Gasteiger charge is 2.37.